The Hall–Kier alpha value is -0.610. The van der Waals surface area contributed by atoms with Crippen molar-refractivity contribution in [2.24, 2.45) is 28.3 Å². The van der Waals surface area contributed by atoms with Gasteiger partial charge in [-0.15, -0.1) is 0 Å². The van der Waals surface area contributed by atoms with Crippen LogP contribution in [0.5, 0.6) is 0 Å². The van der Waals surface area contributed by atoms with E-state index in [-0.39, 0.29) is 5.41 Å². The summed E-state index contributed by atoms with van der Waals surface area (Å²) in [7, 11) is 4.08. The van der Waals surface area contributed by atoms with Gasteiger partial charge in [0.2, 0.25) is 0 Å². The van der Waals surface area contributed by atoms with Gasteiger partial charge in [0, 0.05) is 24.1 Å². The Labute approximate surface area is 154 Å². The maximum Gasteiger partial charge on any atom is 0.129 e. The van der Waals surface area contributed by atoms with Crippen LogP contribution in [0.15, 0.2) is 5.16 Å². The second-order valence-corrected chi connectivity index (χ2v) is 9.39. The molecule has 1 N–H and O–H groups in total. The number of hydrogen-bond donors (Lipinski definition) is 1. The number of aliphatic hydroxyl groups is 1. The van der Waals surface area contributed by atoms with E-state index in [9.17, 15) is 5.11 Å². The molecule has 0 heterocycles. The summed E-state index contributed by atoms with van der Waals surface area (Å²) in [5, 5.41) is 15.7. The second-order valence-electron chi connectivity index (χ2n) is 9.39. The quantitative estimate of drug-likeness (QED) is 0.446. The van der Waals surface area contributed by atoms with E-state index in [0.29, 0.717) is 12.5 Å². The van der Waals surface area contributed by atoms with Gasteiger partial charge < -0.3 is 14.8 Å². The van der Waals surface area contributed by atoms with Crippen molar-refractivity contribution < 1.29 is 9.94 Å². The SMILES string of the molecule is CN(C)CCO/N=C/[C@H]1CC[C@]2(O)C[C@@H](C3CCCCC3)CC[C@]12C. The zero-order valence-corrected chi connectivity index (χ0v) is 16.5. The Morgan fingerprint density at radius 1 is 1.08 bits per heavy atom. The number of nitrogens with zero attached hydrogens (tertiary/aromatic N) is 2. The van der Waals surface area contributed by atoms with Gasteiger partial charge in [0.1, 0.15) is 6.61 Å². The van der Waals surface area contributed by atoms with Crippen LogP contribution in [0.2, 0.25) is 0 Å². The van der Waals surface area contributed by atoms with Crippen molar-refractivity contribution in [3.05, 3.63) is 0 Å². The van der Waals surface area contributed by atoms with E-state index >= 15 is 0 Å². The molecule has 4 heteroatoms. The predicted molar refractivity (Wildman–Crippen MR) is 103 cm³/mol. The number of hydrogen-bond acceptors (Lipinski definition) is 4. The third-order valence-electron chi connectivity index (χ3n) is 7.65. The molecule has 0 amide bonds. The molecule has 0 aromatic heterocycles. The van der Waals surface area contributed by atoms with Gasteiger partial charge in [-0.2, -0.15) is 0 Å². The van der Waals surface area contributed by atoms with E-state index in [1.165, 1.54) is 38.5 Å². The highest BCUT2D eigenvalue weighted by Crippen LogP contribution is 2.60. The Balaban J connectivity index is 1.57. The van der Waals surface area contributed by atoms with E-state index in [1.54, 1.807) is 0 Å². The van der Waals surface area contributed by atoms with Crippen molar-refractivity contribution in [1.29, 1.82) is 0 Å². The van der Waals surface area contributed by atoms with Crippen LogP contribution in [0, 0.1) is 23.2 Å². The highest BCUT2D eigenvalue weighted by Gasteiger charge is 2.59. The largest absolute Gasteiger partial charge is 0.395 e. The molecular weight excluding hydrogens is 312 g/mol. The molecule has 4 atom stereocenters. The van der Waals surface area contributed by atoms with E-state index in [4.69, 9.17) is 4.84 Å². The van der Waals surface area contributed by atoms with E-state index < -0.39 is 5.60 Å². The maximum absolute atomic E-state index is 11.5. The third-order valence-corrected chi connectivity index (χ3v) is 7.65. The molecule has 3 saturated carbocycles. The number of fused-ring (bicyclic) bond motifs is 1. The monoisotopic (exact) mass is 350 g/mol. The van der Waals surface area contributed by atoms with E-state index in [1.807, 2.05) is 20.3 Å². The molecule has 3 aliphatic carbocycles. The maximum atomic E-state index is 11.5. The summed E-state index contributed by atoms with van der Waals surface area (Å²) < 4.78 is 0. The van der Waals surface area contributed by atoms with Crippen LogP contribution in [-0.4, -0.2) is 49.1 Å². The minimum atomic E-state index is -0.492. The zero-order chi connectivity index (χ0) is 17.9. The summed E-state index contributed by atoms with van der Waals surface area (Å²) in [5.41, 5.74) is -0.514. The Bertz CT molecular complexity index is 461. The summed E-state index contributed by atoms with van der Waals surface area (Å²) in [6.07, 6.45) is 14.4. The zero-order valence-electron chi connectivity index (χ0n) is 16.5. The van der Waals surface area contributed by atoms with Crippen molar-refractivity contribution >= 4 is 6.21 Å². The molecule has 0 aromatic carbocycles. The fourth-order valence-corrected chi connectivity index (χ4v) is 5.76. The van der Waals surface area contributed by atoms with Crippen LogP contribution in [0.3, 0.4) is 0 Å². The van der Waals surface area contributed by atoms with Crippen molar-refractivity contribution in [3.63, 3.8) is 0 Å². The average molecular weight is 351 g/mol. The number of rotatable bonds is 6. The second kappa shape index (κ2) is 7.96. The van der Waals surface area contributed by atoms with Gasteiger partial charge in [-0.25, -0.2) is 0 Å². The first kappa shape index (κ1) is 19.2. The van der Waals surface area contributed by atoms with Gasteiger partial charge in [0.15, 0.2) is 0 Å². The first-order valence-electron chi connectivity index (χ1n) is 10.5. The summed E-state index contributed by atoms with van der Waals surface area (Å²) >= 11 is 0. The van der Waals surface area contributed by atoms with Crippen LogP contribution in [0.25, 0.3) is 0 Å². The highest BCUT2D eigenvalue weighted by atomic mass is 16.6. The Morgan fingerprint density at radius 2 is 1.84 bits per heavy atom. The Kier molecular flexibility index (Phi) is 6.10. The molecule has 0 saturated heterocycles. The first-order valence-corrected chi connectivity index (χ1v) is 10.5. The molecule has 0 bridgehead atoms. The lowest BCUT2D eigenvalue weighted by Gasteiger charge is -2.50. The Morgan fingerprint density at radius 3 is 2.56 bits per heavy atom. The van der Waals surface area contributed by atoms with Crippen molar-refractivity contribution in [2.75, 3.05) is 27.2 Å². The molecule has 3 rings (SSSR count). The van der Waals surface area contributed by atoms with Crippen molar-refractivity contribution in [2.45, 2.75) is 76.7 Å². The molecule has 0 radical (unpaired) electrons. The highest BCUT2D eigenvalue weighted by molar-refractivity contribution is 5.62. The van der Waals surface area contributed by atoms with Crippen LogP contribution in [0.1, 0.15) is 71.1 Å². The van der Waals surface area contributed by atoms with Gasteiger partial charge >= 0.3 is 0 Å². The summed E-state index contributed by atoms with van der Waals surface area (Å²) in [5.74, 6) is 1.96. The normalized spacial score (nSPS) is 39.9. The molecule has 0 aliphatic heterocycles. The lowest BCUT2D eigenvalue weighted by Crippen LogP contribution is -2.51. The molecule has 25 heavy (non-hydrogen) atoms. The number of likely N-dealkylation sites (N-methyl/N-ethyl adjacent to an activating group) is 1. The fourth-order valence-electron chi connectivity index (χ4n) is 5.76. The molecular formula is C21H38N2O2. The van der Waals surface area contributed by atoms with Crippen LogP contribution >= 0.6 is 0 Å². The molecule has 0 aromatic rings. The smallest absolute Gasteiger partial charge is 0.129 e. The van der Waals surface area contributed by atoms with Crippen LogP contribution in [0.4, 0.5) is 0 Å². The van der Waals surface area contributed by atoms with Crippen molar-refractivity contribution in [3.8, 4) is 0 Å². The summed E-state index contributed by atoms with van der Waals surface area (Å²) in [4.78, 5) is 7.52. The van der Waals surface area contributed by atoms with Gasteiger partial charge in [0.25, 0.3) is 0 Å². The van der Waals surface area contributed by atoms with Gasteiger partial charge in [-0.1, -0.05) is 44.2 Å². The van der Waals surface area contributed by atoms with E-state index in [0.717, 1.165) is 44.1 Å². The van der Waals surface area contributed by atoms with Crippen LogP contribution in [-0.2, 0) is 4.84 Å². The molecule has 3 aliphatic rings. The predicted octanol–water partition coefficient (Wildman–Crippen LogP) is 4.08. The van der Waals surface area contributed by atoms with Gasteiger partial charge in [-0.3, -0.25) is 0 Å². The molecule has 0 spiro atoms. The lowest BCUT2D eigenvalue weighted by atomic mass is 9.57. The van der Waals surface area contributed by atoms with Gasteiger partial charge in [0.05, 0.1) is 5.60 Å². The third kappa shape index (κ3) is 4.05. The standard InChI is InChI=1S/C21H38N2O2/c1-20-11-9-18(17-7-5-4-6-8-17)15-21(20,24)12-10-19(20)16-22-25-14-13-23(2)3/h16-19,24H,4-15H2,1-3H3/b22-16+/t18-,19+,20+,21-/m0/s1. The molecule has 4 nitrogen and oxygen atoms in total. The fraction of sp³-hybridized carbons (Fsp3) is 0.952. The molecule has 0 unspecified atom stereocenters. The minimum absolute atomic E-state index is 0.0213. The summed E-state index contributed by atoms with van der Waals surface area (Å²) in [6, 6.07) is 0. The first-order chi connectivity index (χ1) is 11.9. The van der Waals surface area contributed by atoms with Gasteiger partial charge in [-0.05, 0) is 58.0 Å². The molecule has 3 fully saturated rings. The minimum Gasteiger partial charge on any atom is -0.395 e. The molecule has 144 valence electrons. The summed E-state index contributed by atoms with van der Waals surface area (Å²) in [6.45, 7) is 3.81. The topological polar surface area (TPSA) is 45.1 Å². The van der Waals surface area contributed by atoms with E-state index in [2.05, 4.69) is 17.0 Å². The average Bonchev–Trinajstić information content (AvgIpc) is 2.86. The lowest BCUT2D eigenvalue weighted by molar-refractivity contribution is -0.115. The van der Waals surface area contributed by atoms with Crippen molar-refractivity contribution in [1.82, 2.24) is 4.90 Å². The number of oxime groups is 1. The van der Waals surface area contributed by atoms with Crippen LogP contribution < -0.4 is 0 Å².